The standard InChI is InChI=1S/C13H17N5O2S/c1-10-9-12(16-7-8-21(19,20)14-2)18-13(17-10)11-3-5-15-6-4-11/h3-6,9,14H,7-8H2,1-2H3,(H,16,17,18). The van der Waals surface area contributed by atoms with Crippen molar-refractivity contribution in [1.29, 1.82) is 0 Å². The first kappa shape index (κ1) is 15.3. The Bertz CT molecular complexity index is 704. The molecule has 8 heteroatoms. The highest BCUT2D eigenvalue weighted by atomic mass is 32.2. The molecule has 112 valence electrons. The highest BCUT2D eigenvalue weighted by molar-refractivity contribution is 7.89. The Morgan fingerprint density at radius 2 is 1.90 bits per heavy atom. The Labute approximate surface area is 123 Å². The maximum absolute atomic E-state index is 11.4. The zero-order valence-corrected chi connectivity index (χ0v) is 12.7. The lowest BCUT2D eigenvalue weighted by Crippen LogP contribution is -2.26. The van der Waals surface area contributed by atoms with E-state index in [1.165, 1.54) is 7.05 Å². The molecule has 2 heterocycles. The summed E-state index contributed by atoms with van der Waals surface area (Å²) in [7, 11) is -1.83. The van der Waals surface area contributed by atoms with Crippen molar-refractivity contribution in [1.82, 2.24) is 19.7 Å². The number of anilines is 1. The molecular weight excluding hydrogens is 290 g/mol. The van der Waals surface area contributed by atoms with Crippen molar-refractivity contribution in [2.45, 2.75) is 6.92 Å². The normalized spacial score (nSPS) is 11.3. The minimum Gasteiger partial charge on any atom is -0.369 e. The van der Waals surface area contributed by atoms with Crippen LogP contribution in [0.1, 0.15) is 5.69 Å². The van der Waals surface area contributed by atoms with E-state index in [9.17, 15) is 8.42 Å². The van der Waals surface area contributed by atoms with E-state index >= 15 is 0 Å². The fourth-order valence-corrected chi connectivity index (χ4v) is 2.28. The number of nitrogens with one attached hydrogen (secondary N) is 2. The number of pyridine rings is 1. The third kappa shape index (κ3) is 4.47. The average Bonchev–Trinajstić information content (AvgIpc) is 2.47. The SMILES string of the molecule is CNS(=O)(=O)CCNc1cc(C)nc(-c2ccncc2)n1. The van der Waals surface area contributed by atoms with Crippen LogP contribution in [-0.4, -0.2) is 42.7 Å². The molecule has 0 aromatic carbocycles. The molecule has 21 heavy (non-hydrogen) atoms. The predicted octanol–water partition coefficient (Wildman–Crippen LogP) is 0.808. The molecule has 0 aliphatic rings. The maximum Gasteiger partial charge on any atom is 0.213 e. The van der Waals surface area contributed by atoms with Gasteiger partial charge in [-0.25, -0.2) is 23.1 Å². The van der Waals surface area contributed by atoms with Crippen molar-refractivity contribution in [3.8, 4) is 11.4 Å². The molecule has 0 fully saturated rings. The second-order valence-electron chi connectivity index (χ2n) is 4.40. The molecule has 0 atom stereocenters. The van der Waals surface area contributed by atoms with Crippen LogP contribution in [0.2, 0.25) is 0 Å². The minimum atomic E-state index is -3.23. The molecule has 0 saturated heterocycles. The Kier molecular flexibility index (Phi) is 4.81. The second kappa shape index (κ2) is 6.59. The molecule has 0 aliphatic carbocycles. The third-order valence-electron chi connectivity index (χ3n) is 2.78. The lowest BCUT2D eigenvalue weighted by atomic mass is 10.2. The number of hydrogen-bond donors (Lipinski definition) is 2. The summed E-state index contributed by atoms with van der Waals surface area (Å²) in [6.07, 6.45) is 3.35. The summed E-state index contributed by atoms with van der Waals surface area (Å²) in [5.41, 5.74) is 1.66. The van der Waals surface area contributed by atoms with E-state index in [4.69, 9.17) is 0 Å². The lowest BCUT2D eigenvalue weighted by molar-refractivity contribution is 0.588. The average molecular weight is 307 g/mol. The largest absolute Gasteiger partial charge is 0.369 e. The zero-order chi connectivity index (χ0) is 15.3. The Morgan fingerprint density at radius 3 is 2.57 bits per heavy atom. The van der Waals surface area contributed by atoms with Gasteiger partial charge in [0.25, 0.3) is 0 Å². The van der Waals surface area contributed by atoms with Crippen LogP contribution in [-0.2, 0) is 10.0 Å². The molecule has 0 amide bonds. The topological polar surface area (TPSA) is 96.9 Å². The molecule has 0 spiro atoms. The summed E-state index contributed by atoms with van der Waals surface area (Å²) in [5, 5.41) is 3.00. The molecule has 0 unspecified atom stereocenters. The summed E-state index contributed by atoms with van der Waals surface area (Å²) in [6, 6.07) is 5.42. The van der Waals surface area contributed by atoms with Gasteiger partial charge in [-0.3, -0.25) is 4.98 Å². The monoisotopic (exact) mass is 307 g/mol. The van der Waals surface area contributed by atoms with Crippen molar-refractivity contribution in [2.24, 2.45) is 0 Å². The van der Waals surface area contributed by atoms with Gasteiger partial charge in [-0.2, -0.15) is 0 Å². The van der Waals surface area contributed by atoms with Gasteiger partial charge < -0.3 is 5.32 Å². The van der Waals surface area contributed by atoms with Crippen LogP contribution in [0.4, 0.5) is 5.82 Å². The van der Waals surface area contributed by atoms with Crippen LogP contribution < -0.4 is 10.0 Å². The van der Waals surface area contributed by atoms with Crippen molar-refractivity contribution in [2.75, 3.05) is 24.7 Å². The van der Waals surface area contributed by atoms with Crippen molar-refractivity contribution < 1.29 is 8.42 Å². The number of sulfonamides is 1. The molecule has 0 saturated carbocycles. The first-order valence-electron chi connectivity index (χ1n) is 6.41. The molecular formula is C13H17N5O2S. The molecule has 2 rings (SSSR count). The fraction of sp³-hybridized carbons (Fsp3) is 0.308. The van der Waals surface area contributed by atoms with Gasteiger partial charge in [-0.15, -0.1) is 0 Å². The summed E-state index contributed by atoms with van der Waals surface area (Å²) < 4.78 is 25.0. The summed E-state index contributed by atoms with van der Waals surface area (Å²) in [6.45, 7) is 2.14. The lowest BCUT2D eigenvalue weighted by Gasteiger charge is -2.08. The first-order chi connectivity index (χ1) is 10.00. The van der Waals surface area contributed by atoms with Crippen LogP contribution in [0, 0.1) is 6.92 Å². The zero-order valence-electron chi connectivity index (χ0n) is 11.9. The molecule has 0 bridgehead atoms. The van der Waals surface area contributed by atoms with E-state index in [1.54, 1.807) is 18.5 Å². The highest BCUT2D eigenvalue weighted by Gasteiger charge is 2.08. The third-order valence-corrected chi connectivity index (χ3v) is 4.14. The summed E-state index contributed by atoms with van der Waals surface area (Å²) >= 11 is 0. The Hall–Kier alpha value is -2.06. The quantitative estimate of drug-likeness (QED) is 0.819. The van der Waals surface area contributed by atoms with Gasteiger partial charge in [0.1, 0.15) is 5.82 Å². The van der Waals surface area contributed by atoms with Crippen LogP contribution in [0.15, 0.2) is 30.6 Å². The van der Waals surface area contributed by atoms with E-state index in [1.807, 2.05) is 19.1 Å². The van der Waals surface area contributed by atoms with E-state index in [-0.39, 0.29) is 12.3 Å². The van der Waals surface area contributed by atoms with Gasteiger partial charge in [0, 0.05) is 36.3 Å². The minimum absolute atomic E-state index is 0.0167. The van der Waals surface area contributed by atoms with Crippen LogP contribution >= 0.6 is 0 Å². The number of aryl methyl sites for hydroxylation is 1. The highest BCUT2D eigenvalue weighted by Crippen LogP contribution is 2.16. The van der Waals surface area contributed by atoms with Crippen LogP contribution in [0.3, 0.4) is 0 Å². The maximum atomic E-state index is 11.4. The Morgan fingerprint density at radius 1 is 1.19 bits per heavy atom. The second-order valence-corrected chi connectivity index (χ2v) is 6.45. The Balaban J connectivity index is 2.13. The van der Waals surface area contributed by atoms with Gasteiger partial charge in [0.05, 0.1) is 5.75 Å². The van der Waals surface area contributed by atoms with Gasteiger partial charge in [0.2, 0.25) is 10.0 Å². The van der Waals surface area contributed by atoms with E-state index in [0.717, 1.165) is 11.3 Å². The fourth-order valence-electron chi connectivity index (χ4n) is 1.70. The van der Waals surface area contributed by atoms with Crippen LogP contribution in [0.5, 0.6) is 0 Å². The molecule has 0 aliphatic heterocycles. The van der Waals surface area contributed by atoms with Gasteiger partial charge in [-0.05, 0) is 26.1 Å². The summed E-state index contributed by atoms with van der Waals surface area (Å²) in [5.74, 6) is 1.16. The number of aromatic nitrogens is 3. The molecule has 0 radical (unpaired) electrons. The van der Waals surface area contributed by atoms with E-state index in [2.05, 4.69) is 25.0 Å². The van der Waals surface area contributed by atoms with Gasteiger partial charge >= 0.3 is 0 Å². The van der Waals surface area contributed by atoms with Gasteiger partial charge in [-0.1, -0.05) is 0 Å². The van der Waals surface area contributed by atoms with Crippen molar-refractivity contribution in [3.63, 3.8) is 0 Å². The van der Waals surface area contributed by atoms with Crippen molar-refractivity contribution >= 4 is 15.8 Å². The molecule has 2 aromatic rings. The van der Waals surface area contributed by atoms with E-state index < -0.39 is 10.0 Å². The van der Waals surface area contributed by atoms with Gasteiger partial charge in [0.15, 0.2) is 5.82 Å². The van der Waals surface area contributed by atoms with Crippen molar-refractivity contribution in [3.05, 3.63) is 36.3 Å². The predicted molar refractivity (Wildman–Crippen MR) is 81.3 cm³/mol. The van der Waals surface area contributed by atoms with Crippen LogP contribution in [0.25, 0.3) is 11.4 Å². The molecule has 7 nitrogen and oxygen atoms in total. The number of rotatable bonds is 6. The first-order valence-corrected chi connectivity index (χ1v) is 8.06. The number of hydrogen-bond acceptors (Lipinski definition) is 6. The molecule has 2 N–H and O–H groups in total. The molecule has 2 aromatic heterocycles. The number of nitrogens with zero attached hydrogens (tertiary/aromatic N) is 3. The summed E-state index contributed by atoms with van der Waals surface area (Å²) in [4.78, 5) is 12.7. The smallest absolute Gasteiger partial charge is 0.213 e. The van der Waals surface area contributed by atoms with E-state index in [0.29, 0.717) is 11.6 Å².